The highest BCUT2D eigenvalue weighted by atomic mass is 35.5. The predicted octanol–water partition coefficient (Wildman–Crippen LogP) is 6.59. The van der Waals surface area contributed by atoms with Crippen LogP contribution in [-0.2, 0) is 22.5 Å². The zero-order valence-electron chi connectivity index (χ0n) is 24.7. The van der Waals surface area contributed by atoms with Gasteiger partial charge in [-0.15, -0.1) is 0 Å². The highest BCUT2D eigenvalue weighted by Crippen LogP contribution is 2.36. The Morgan fingerprint density at radius 3 is 2.36 bits per heavy atom. The Morgan fingerprint density at radius 2 is 1.68 bits per heavy atom. The van der Waals surface area contributed by atoms with Crippen LogP contribution < -0.4 is 14.8 Å². The molecule has 1 fully saturated rings. The van der Waals surface area contributed by atoms with Crippen molar-refractivity contribution in [2.75, 3.05) is 40.1 Å². The van der Waals surface area contributed by atoms with Crippen molar-refractivity contribution in [2.24, 2.45) is 0 Å². The van der Waals surface area contributed by atoms with Crippen molar-refractivity contribution < 1.29 is 24.1 Å². The van der Waals surface area contributed by atoms with Crippen molar-refractivity contribution in [3.63, 3.8) is 0 Å². The van der Waals surface area contributed by atoms with E-state index >= 15 is 0 Å². The molecule has 0 radical (unpaired) electrons. The lowest BCUT2D eigenvalue weighted by Gasteiger charge is -2.33. The number of halogens is 3. The lowest BCUT2D eigenvalue weighted by Crippen LogP contribution is -2.46. The van der Waals surface area contributed by atoms with Crippen molar-refractivity contribution in [3.05, 3.63) is 98.0 Å². The molecular weight excluding hydrogens is 623 g/mol. The standard InChI is InChI=1S/C34H37Cl3N2O5/c1-42-16-14-22-5-12-28(35)24(19-22)20-39(25-8-9-25)34(41)32-27(13-15-38-31(32)21-40)23-6-10-26(11-7-23)43-17-18-44-33-29(36)3-2-4-30(33)37/h2-7,10-12,19,25,31,38,40H,8-9,13-18,20-21H2,1H3. The second-order valence-electron chi connectivity index (χ2n) is 10.9. The third-order valence-electron chi connectivity index (χ3n) is 7.87. The minimum Gasteiger partial charge on any atom is -0.490 e. The van der Waals surface area contributed by atoms with E-state index in [0.717, 1.165) is 41.5 Å². The van der Waals surface area contributed by atoms with Gasteiger partial charge in [0, 0.05) is 30.3 Å². The summed E-state index contributed by atoms with van der Waals surface area (Å²) in [5, 5.41) is 15.2. The molecule has 2 N–H and O–H groups in total. The number of carbonyl (C=O) groups excluding carboxylic acids is 1. The van der Waals surface area contributed by atoms with E-state index in [0.29, 0.717) is 64.9 Å². The Hall–Kier alpha value is -2.78. The summed E-state index contributed by atoms with van der Waals surface area (Å²) in [6.45, 7) is 2.08. The van der Waals surface area contributed by atoms with Crippen LogP contribution in [0.1, 0.15) is 36.0 Å². The van der Waals surface area contributed by atoms with Gasteiger partial charge in [0.25, 0.3) is 5.91 Å². The minimum atomic E-state index is -0.458. The summed E-state index contributed by atoms with van der Waals surface area (Å²) in [5.74, 6) is 1.04. The molecule has 0 bridgehead atoms. The Kier molecular flexibility index (Phi) is 11.5. The predicted molar refractivity (Wildman–Crippen MR) is 175 cm³/mol. The average molecular weight is 660 g/mol. The van der Waals surface area contributed by atoms with Gasteiger partial charge in [-0.2, -0.15) is 0 Å². The van der Waals surface area contributed by atoms with Gasteiger partial charge in [-0.05, 0) is 84.8 Å². The van der Waals surface area contributed by atoms with Crippen LogP contribution in [-0.4, -0.2) is 68.1 Å². The number of aliphatic hydroxyl groups excluding tert-OH is 1. The van der Waals surface area contributed by atoms with Crippen LogP contribution >= 0.6 is 34.8 Å². The highest BCUT2D eigenvalue weighted by molar-refractivity contribution is 6.37. The van der Waals surface area contributed by atoms with E-state index in [9.17, 15) is 9.90 Å². The number of ether oxygens (including phenoxy) is 3. The van der Waals surface area contributed by atoms with E-state index in [1.807, 2.05) is 41.3 Å². The molecule has 0 spiro atoms. The number of nitrogens with zero attached hydrogens (tertiary/aromatic N) is 1. The van der Waals surface area contributed by atoms with Crippen LogP contribution in [0.25, 0.3) is 5.57 Å². The largest absolute Gasteiger partial charge is 0.490 e. The van der Waals surface area contributed by atoms with E-state index < -0.39 is 6.04 Å². The summed E-state index contributed by atoms with van der Waals surface area (Å²) < 4.78 is 16.8. The number of amides is 1. The van der Waals surface area contributed by atoms with Gasteiger partial charge in [-0.3, -0.25) is 4.79 Å². The number of rotatable bonds is 14. The molecule has 2 aliphatic rings. The first-order chi connectivity index (χ1) is 21.4. The number of methoxy groups -OCH3 is 1. The average Bonchev–Trinajstić information content (AvgIpc) is 3.88. The number of aliphatic hydroxyl groups is 1. The lowest BCUT2D eigenvalue weighted by atomic mass is 9.88. The van der Waals surface area contributed by atoms with Crippen LogP contribution in [0.2, 0.25) is 15.1 Å². The summed E-state index contributed by atoms with van der Waals surface area (Å²) in [4.78, 5) is 16.2. The van der Waals surface area contributed by atoms with Crippen molar-refractivity contribution in [1.82, 2.24) is 10.2 Å². The third kappa shape index (κ3) is 8.08. The van der Waals surface area contributed by atoms with Crippen molar-refractivity contribution >= 4 is 46.3 Å². The highest BCUT2D eigenvalue weighted by Gasteiger charge is 2.38. The maximum atomic E-state index is 14.3. The first-order valence-corrected chi connectivity index (χ1v) is 16.0. The molecule has 1 heterocycles. The SMILES string of the molecule is COCCc1ccc(Cl)c(CN(C(=O)C2=C(c3ccc(OCCOc4c(Cl)cccc4Cl)cc3)CCNC2CO)C2CC2)c1. The molecule has 5 rings (SSSR count). The molecule has 1 atom stereocenters. The zero-order valence-corrected chi connectivity index (χ0v) is 26.9. The van der Waals surface area contributed by atoms with Crippen LogP contribution in [0.5, 0.6) is 11.5 Å². The molecule has 1 aliphatic heterocycles. The molecular formula is C34H37Cl3N2O5. The van der Waals surface area contributed by atoms with Crippen LogP contribution in [0.15, 0.2) is 66.2 Å². The van der Waals surface area contributed by atoms with Gasteiger partial charge in [-0.1, -0.05) is 65.1 Å². The molecule has 234 valence electrons. The third-order valence-corrected chi connectivity index (χ3v) is 8.83. The van der Waals surface area contributed by atoms with Gasteiger partial charge >= 0.3 is 0 Å². The number of carbonyl (C=O) groups is 1. The maximum absolute atomic E-state index is 14.3. The first-order valence-electron chi connectivity index (χ1n) is 14.8. The smallest absolute Gasteiger partial charge is 0.252 e. The number of hydrogen-bond donors (Lipinski definition) is 2. The van der Waals surface area contributed by atoms with Crippen LogP contribution in [0, 0.1) is 0 Å². The minimum absolute atomic E-state index is 0.0668. The Balaban J connectivity index is 1.32. The topological polar surface area (TPSA) is 80.3 Å². The van der Waals surface area contributed by atoms with Gasteiger partial charge in [0.15, 0.2) is 5.75 Å². The summed E-state index contributed by atoms with van der Waals surface area (Å²) in [6, 6.07) is 18.5. The van der Waals surface area contributed by atoms with E-state index in [2.05, 4.69) is 11.4 Å². The van der Waals surface area contributed by atoms with Crippen LogP contribution in [0.3, 0.4) is 0 Å². The van der Waals surface area contributed by atoms with E-state index in [1.54, 1.807) is 25.3 Å². The normalized spacial score (nSPS) is 16.6. The van der Waals surface area contributed by atoms with E-state index in [1.165, 1.54) is 0 Å². The number of benzene rings is 3. The maximum Gasteiger partial charge on any atom is 0.252 e. The fraction of sp³-hybridized carbons (Fsp3) is 0.382. The van der Waals surface area contributed by atoms with Crippen molar-refractivity contribution in [1.29, 1.82) is 0 Å². The summed E-state index contributed by atoms with van der Waals surface area (Å²) in [6.07, 6.45) is 3.33. The van der Waals surface area contributed by atoms with Gasteiger partial charge in [0.2, 0.25) is 0 Å². The number of para-hydroxylation sites is 1. The molecule has 1 aliphatic carbocycles. The van der Waals surface area contributed by atoms with E-state index in [4.69, 9.17) is 49.0 Å². The Bertz CT molecular complexity index is 1460. The van der Waals surface area contributed by atoms with Gasteiger partial charge in [0.05, 0.1) is 29.3 Å². The van der Waals surface area contributed by atoms with Crippen molar-refractivity contribution in [3.8, 4) is 11.5 Å². The number of nitrogens with one attached hydrogen (secondary N) is 1. The van der Waals surface area contributed by atoms with Gasteiger partial charge < -0.3 is 29.5 Å². The van der Waals surface area contributed by atoms with Crippen LogP contribution in [0.4, 0.5) is 0 Å². The Morgan fingerprint density at radius 1 is 0.955 bits per heavy atom. The molecule has 3 aromatic carbocycles. The zero-order chi connectivity index (χ0) is 31.1. The molecule has 3 aromatic rings. The molecule has 0 aromatic heterocycles. The fourth-order valence-corrected chi connectivity index (χ4v) is 6.13. The fourth-order valence-electron chi connectivity index (χ4n) is 5.44. The van der Waals surface area contributed by atoms with Gasteiger partial charge in [-0.25, -0.2) is 0 Å². The molecule has 7 nitrogen and oxygen atoms in total. The van der Waals surface area contributed by atoms with Gasteiger partial charge in [0.1, 0.15) is 19.0 Å². The summed E-state index contributed by atoms with van der Waals surface area (Å²) >= 11 is 19.0. The molecule has 10 heteroatoms. The second-order valence-corrected chi connectivity index (χ2v) is 12.2. The summed E-state index contributed by atoms with van der Waals surface area (Å²) in [5.41, 5.74) is 4.49. The molecule has 1 unspecified atom stereocenters. The molecule has 1 saturated carbocycles. The van der Waals surface area contributed by atoms with Crippen molar-refractivity contribution in [2.45, 2.75) is 44.3 Å². The first kappa shape index (κ1) is 32.6. The molecule has 1 amide bonds. The van der Waals surface area contributed by atoms with E-state index in [-0.39, 0.29) is 25.2 Å². The quantitative estimate of drug-likeness (QED) is 0.190. The number of hydrogen-bond acceptors (Lipinski definition) is 6. The lowest BCUT2D eigenvalue weighted by molar-refractivity contribution is -0.128. The molecule has 44 heavy (non-hydrogen) atoms. The summed E-state index contributed by atoms with van der Waals surface area (Å²) in [7, 11) is 1.68. The molecule has 0 saturated heterocycles. The monoisotopic (exact) mass is 658 g/mol. The second kappa shape index (κ2) is 15.5. The Labute approximate surface area is 273 Å².